The molecule has 0 spiro atoms. The Hall–Kier alpha value is -4.36. The van der Waals surface area contributed by atoms with Crippen molar-refractivity contribution in [3.63, 3.8) is 0 Å². The molecule has 184 valence electrons. The molecule has 0 radical (unpaired) electrons. The van der Waals surface area contributed by atoms with Gasteiger partial charge in [-0.1, -0.05) is 13.2 Å². The van der Waals surface area contributed by atoms with Crippen molar-refractivity contribution in [1.82, 2.24) is 10.6 Å². The molecule has 0 atom stereocenters. The number of rotatable bonds is 16. The van der Waals surface area contributed by atoms with Crippen LogP contribution >= 0.6 is 0 Å². The quantitative estimate of drug-likeness (QED) is 0.102. The number of carbonyl (C=O) groups excluding carboxylic acids is 4. The van der Waals surface area contributed by atoms with E-state index in [-0.39, 0.29) is 39.1 Å². The van der Waals surface area contributed by atoms with Gasteiger partial charge in [-0.25, -0.2) is 0 Å². The molecule has 0 aromatic rings. The van der Waals surface area contributed by atoms with Gasteiger partial charge >= 0.3 is 23.0 Å². The van der Waals surface area contributed by atoms with Crippen LogP contribution in [0.2, 0.25) is 0 Å². The maximum Gasteiger partial charge on any atom is 0.366 e. The number of carbonyl (C=O) groups is 4. The van der Waals surface area contributed by atoms with Gasteiger partial charge in [-0.3, -0.25) is 39.4 Å². The van der Waals surface area contributed by atoms with Crippen LogP contribution in [0, 0.1) is 20.2 Å². The van der Waals surface area contributed by atoms with E-state index in [4.69, 9.17) is 9.47 Å². The SMILES string of the molecule is C=CC(=O)NCCCCOC1=C([N+](=O)[O-])C(=O)C(OCCCCNC(=O)C=C)=C([N+](=O)[O-])C1=O. The van der Waals surface area contributed by atoms with Gasteiger partial charge in [0, 0.05) is 13.1 Å². The third kappa shape index (κ3) is 7.96. The Kier molecular flexibility index (Phi) is 11.3. The molecule has 14 heteroatoms. The molecule has 0 bridgehead atoms. The number of nitro groups is 2. The fourth-order valence-electron chi connectivity index (χ4n) is 2.61. The number of amides is 2. The molecule has 0 saturated heterocycles. The molecule has 1 rings (SSSR count). The zero-order valence-electron chi connectivity index (χ0n) is 18.2. The molecule has 0 aromatic carbocycles. The van der Waals surface area contributed by atoms with E-state index < -0.39 is 56.1 Å². The lowest BCUT2D eigenvalue weighted by molar-refractivity contribution is -0.429. The van der Waals surface area contributed by atoms with Crippen molar-refractivity contribution in [3.05, 3.63) is 68.5 Å². The number of ether oxygens (including phenoxy) is 2. The third-order valence-electron chi connectivity index (χ3n) is 4.24. The van der Waals surface area contributed by atoms with E-state index in [0.29, 0.717) is 12.8 Å². The predicted octanol–water partition coefficient (Wildman–Crippen LogP) is 0.313. The van der Waals surface area contributed by atoms with Crippen molar-refractivity contribution in [3.8, 4) is 0 Å². The minimum Gasteiger partial charge on any atom is -0.484 e. The van der Waals surface area contributed by atoms with E-state index in [1.807, 2.05) is 0 Å². The summed E-state index contributed by atoms with van der Waals surface area (Å²) < 4.78 is 10.2. The first-order valence-corrected chi connectivity index (χ1v) is 10.1. The van der Waals surface area contributed by atoms with Crippen LogP contribution in [0.4, 0.5) is 0 Å². The minimum atomic E-state index is -1.45. The highest BCUT2D eigenvalue weighted by molar-refractivity contribution is 6.21. The van der Waals surface area contributed by atoms with Gasteiger partial charge in [0.2, 0.25) is 11.8 Å². The van der Waals surface area contributed by atoms with Crippen LogP contribution in [0.15, 0.2) is 48.2 Å². The fourth-order valence-corrected chi connectivity index (χ4v) is 2.61. The lowest BCUT2D eigenvalue weighted by Crippen LogP contribution is -2.33. The third-order valence-corrected chi connectivity index (χ3v) is 4.24. The maximum absolute atomic E-state index is 12.6. The molecule has 0 unspecified atom stereocenters. The molecule has 0 saturated carbocycles. The molecule has 2 N–H and O–H groups in total. The summed E-state index contributed by atoms with van der Waals surface area (Å²) in [6.45, 7) is 6.49. The van der Waals surface area contributed by atoms with E-state index in [1.54, 1.807) is 0 Å². The van der Waals surface area contributed by atoms with Gasteiger partial charge in [-0.15, -0.1) is 0 Å². The van der Waals surface area contributed by atoms with Crippen LogP contribution in [-0.2, 0) is 28.7 Å². The smallest absolute Gasteiger partial charge is 0.366 e. The van der Waals surface area contributed by atoms with Gasteiger partial charge < -0.3 is 20.1 Å². The molecule has 34 heavy (non-hydrogen) atoms. The number of nitrogens with zero attached hydrogens (tertiary/aromatic N) is 2. The van der Waals surface area contributed by atoms with Crippen LogP contribution in [0.5, 0.6) is 0 Å². The Morgan fingerprint density at radius 1 is 0.765 bits per heavy atom. The first kappa shape index (κ1) is 27.7. The van der Waals surface area contributed by atoms with Crippen LogP contribution < -0.4 is 10.6 Å². The summed E-state index contributed by atoms with van der Waals surface area (Å²) in [4.78, 5) is 67.8. The topological polar surface area (TPSA) is 197 Å². The monoisotopic (exact) mass is 480 g/mol. The van der Waals surface area contributed by atoms with Crippen molar-refractivity contribution in [2.24, 2.45) is 0 Å². The Balaban J connectivity index is 2.86. The Bertz CT molecular complexity index is 875. The van der Waals surface area contributed by atoms with E-state index in [9.17, 15) is 39.4 Å². The summed E-state index contributed by atoms with van der Waals surface area (Å²) in [5.74, 6) is -5.80. The fraction of sp³-hybridized carbons (Fsp3) is 0.400. The van der Waals surface area contributed by atoms with Gasteiger partial charge in [0.25, 0.3) is 11.5 Å². The van der Waals surface area contributed by atoms with Crippen LogP contribution in [-0.4, -0.2) is 59.5 Å². The number of unbranched alkanes of at least 4 members (excludes halogenated alkanes) is 2. The number of ketones is 2. The Morgan fingerprint density at radius 2 is 1.12 bits per heavy atom. The van der Waals surface area contributed by atoms with Crippen LogP contribution in [0.3, 0.4) is 0 Å². The van der Waals surface area contributed by atoms with E-state index >= 15 is 0 Å². The number of hydrogen-bond acceptors (Lipinski definition) is 10. The van der Waals surface area contributed by atoms with Gasteiger partial charge in [-0.05, 0) is 37.8 Å². The zero-order chi connectivity index (χ0) is 25.7. The lowest BCUT2D eigenvalue weighted by Gasteiger charge is -2.16. The van der Waals surface area contributed by atoms with Crippen molar-refractivity contribution in [1.29, 1.82) is 0 Å². The van der Waals surface area contributed by atoms with Crippen LogP contribution in [0.1, 0.15) is 25.7 Å². The number of hydrogen-bond donors (Lipinski definition) is 2. The molecule has 0 aliphatic heterocycles. The standard InChI is InChI=1S/C20H24N4O10/c1-3-13(25)21-9-5-7-11-33-19-15(23(29)30)18(28)20(16(17(19)27)24(31)32)34-12-8-6-10-22-14(26)4-2/h3-4H,1-2,5-12H2,(H,21,25)(H,22,26). The minimum absolute atomic E-state index is 0.219. The summed E-state index contributed by atoms with van der Waals surface area (Å²) in [6, 6.07) is 0. The summed E-state index contributed by atoms with van der Waals surface area (Å²) in [7, 11) is 0. The van der Waals surface area contributed by atoms with Gasteiger partial charge in [0.1, 0.15) is 0 Å². The molecular weight excluding hydrogens is 456 g/mol. The van der Waals surface area contributed by atoms with Gasteiger partial charge in [0.05, 0.1) is 23.1 Å². The maximum atomic E-state index is 12.6. The second-order valence-electron chi connectivity index (χ2n) is 6.63. The van der Waals surface area contributed by atoms with Gasteiger partial charge in [0.15, 0.2) is 0 Å². The summed E-state index contributed by atoms with van der Waals surface area (Å²) in [5, 5.41) is 27.8. The normalized spacial score (nSPS) is 13.3. The van der Waals surface area contributed by atoms with Crippen molar-refractivity contribution < 1.29 is 38.5 Å². The lowest BCUT2D eigenvalue weighted by atomic mass is 10.0. The Morgan fingerprint density at radius 3 is 1.41 bits per heavy atom. The summed E-state index contributed by atoms with van der Waals surface area (Å²) >= 11 is 0. The second kappa shape index (κ2) is 13.9. The van der Waals surface area contributed by atoms with Crippen LogP contribution in [0.25, 0.3) is 0 Å². The summed E-state index contributed by atoms with van der Waals surface area (Å²) in [6.07, 6.45) is 3.31. The summed E-state index contributed by atoms with van der Waals surface area (Å²) in [5.41, 5.74) is -2.52. The molecule has 0 aromatic heterocycles. The average molecular weight is 480 g/mol. The van der Waals surface area contributed by atoms with E-state index in [0.717, 1.165) is 12.2 Å². The van der Waals surface area contributed by atoms with Crippen molar-refractivity contribution in [2.75, 3.05) is 26.3 Å². The molecule has 0 heterocycles. The second-order valence-corrected chi connectivity index (χ2v) is 6.63. The number of Topliss-reactive ketones (excluding diaryl/α,β-unsaturated/α-hetero) is 2. The van der Waals surface area contributed by atoms with E-state index in [1.165, 1.54) is 0 Å². The molecule has 0 fully saturated rings. The highest BCUT2D eigenvalue weighted by Gasteiger charge is 2.50. The average Bonchev–Trinajstić information content (AvgIpc) is 2.79. The largest absolute Gasteiger partial charge is 0.484 e. The highest BCUT2D eigenvalue weighted by Crippen LogP contribution is 2.27. The predicted molar refractivity (Wildman–Crippen MR) is 115 cm³/mol. The first-order valence-electron chi connectivity index (χ1n) is 10.1. The molecule has 1 aliphatic rings. The molecule has 2 amide bonds. The first-order chi connectivity index (χ1) is 16.1. The Labute approximate surface area is 193 Å². The zero-order valence-corrected chi connectivity index (χ0v) is 18.2. The highest BCUT2D eigenvalue weighted by atomic mass is 16.6. The molecule has 14 nitrogen and oxygen atoms in total. The van der Waals surface area contributed by atoms with Crippen molar-refractivity contribution in [2.45, 2.75) is 25.7 Å². The van der Waals surface area contributed by atoms with Gasteiger partial charge in [-0.2, -0.15) is 0 Å². The number of nitrogens with one attached hydrogen (secondary N) is 2. The molecular formula is C20H24N4O10. The van der Waals surface area contributed by atoms with Crippen molar-refractivity contribution >= 4 is 23.4 Å². The van der Waals surface area contributed by atoms with E-state index in [2.05, 4.69) is 23.8 Å². The molecule has 1 aliphatic carbocycles.